The van der Waals surface area contributed by atoms with Crippen LogP contribution in [0.5, 0.6) is 0 Å². The average Bonchev–Trinajstić information content (AvgIpc) is 3.32. The molecule has 0 aromatic rings. The summed E-state index contributed by atoms with van der Waals surface area (Å²) in [4.78, 5) is 59.8. The van der Waals surface area contributed by atoms with Crippen LogP contribution in [0.1, 0.15) is 46.5 Å². The van der Waals surface area contributed by atoms with Gasteiger partial charge in [-0.3, -0.25) is 20.2 Å². The Balaban J connectivity index is 0.000000277. The number of ether oxygens (including phenoxy) is 2. The van der Waals surface area contributed by atoms with E-state index in [1.807, 2.05) is 0 Å². The second kappa shape index (κ2) is 12.5. The molecule has 0 radical (unpaired) electrons. The fourth-order valence-corrected chi connectivity index (χ4v) is 5.36. The van der Waals surface area contributed by atoms with Crippen molar-refractivity contribution in [1.82, 2.24) is 26.2 Å². The van der Waals surface area contributed by atoms with Gasteiger partial charge in [0.05, 0.1) is 6.54 Å². The summed E-state index contributed by atoms with van der Waals surface area (Å²) in [7, 11) is 0. The van der Waals surface area contributed by atoms with Gasteiger partial charge in [0, 0.05) is 38.5 Å². The van der Waals surface area contributed by atoms with E-state index < -0.39 is 40.7 Å². The first kappa shape index (κ1) is 31.5. The minimum atomic E-state index is -1.23. The highest BCUT2D eigenvalue weighted by Crippen LogP contribution is 2.33. The molecular formula is C23H39ClN6O8. The Bertz CT molecular complexity index is 918. The third-order valence-corrected chi connectivity index (χ3v) is 7.54. The summed E-state index contributed by atoms with van der Waals surface area (Å²) in [6.45, 7) is 7.57. The predicted octanol–water partition coefficient (Wildman–Crippen LogP) is 0.141. The van der Waals surface area contributed by atoms with Gasteiger partial charge in [-0.05, 0) is 58.3 Å². The second-order valence-corrected chi connectivity index (χ2v) is 10.8. The number of nitrogens with two attached hydrogens (primary N) is 1. The predicted molar refractivity (Wildman–Crippen MR) is 137 cm³/mol. The molecule has 0 aromatic carbocycles. The largest absolute Gasteiger partial charge is 0.465 e. The van der Waals surface area contributed by atoms with E-state index in [1.165, 1.54) is 4.90 Å². The Labute approximate surface area is 227 Å². The number of carboxylic acid groups (broad SMARTS) is 1. The molecule has 4 heterocycles. The van der Waals surface area contributed by atoms with Crippen molar-refractivity contribution in [3.63, 3.8) is 0 Å². The molecule has 7 amide bonds. The summed E-state index contributed by atoms with van der Waals surface area (Å²) >= 11 is 0. The van der Waals surface area contributed by atoms with Gasteiger partial charge in [-0.15, -0.1) is 12.4 Å². The van der Waals surface area contributed by atoms with Gasteiger partial charge < -0.3 is 35.8 Å². The van der Waals surface area contributed by atoms with Gasteiger partial charge >= 0.3 is 18.2 Å². The van der Waals surface area contributed by atoms with Crippen LogP contribution in [0.25, 0.3) is 0 Å². The standard InChI is InChI=1S/C14H23N3O5.C9H15N3O3.ClH/c1-13(2,3)17(12(20)21)8-14(9-4-6-22-7-5-9)10(18)15-11(19)16-14;10-5-9(6-1-3-15-4-2-6)7(13)11-8(14)12-9;/h9H,4-8H2,1-3H3,(H,20,21)(H2,15,16,18,19);6H,1-5,10H2,(H2,11,12,13,14);1H/t14-;9-;/m00./s1. The van der Waals surface area contributed by atoms with Gasteiger partial charge in [0.15, 0.2) is 0 Å². The van der Waals surface area contributed by atoms with Gasteiger partial charge in [0.1, 0.15) is 11.1 Å². The number of nitrogens with zero attached hydrogens (tertiary/aromatic N) is 1. The number of imide groups is 2. The summed E-state index contributed by atoms with van der Waals surface area (Å²) < 4.78 is 10.5. The Hall–Kier alpha value is -2.68. The number of amides is 7. The first-order chi connectivity index (χ1) is 17.4. The van der Waals surface area contributed by atoms with Gasteiger partial charge in [0.2, 0.25) is 0 Å². The van der Waals surface area contributed by atoms with Crippen molar-refractivity contribution >= 4 is 42.4 Å². The number of carbonyl (C=O) groups excluding carboxylic acids is 4. The monoisotopic (exact) mass is 562 g/mol. The van der Waals surface area contributed by atoms with Gasteiger partial charge in [0.25, 0.3) is 11.8 Å². The number of urea groups is 2. The lowest BCUT2D eigenvalue weighted by atomic mass is 9.78. The average molecular weight is 563 g/mol. The van der Waals surface area contributed by atoms with Gasteiger partial charge in [-0.1, -0.05) is 0 Å². The van der Waals surface area contributed by atoms with Crippen molar-refractivity contribution in [1.29, 1.82) is 0 Å². The number of rotatable bonds is 5. The van der Waals surface area contributed by atoms with Crippen LogP contribution in [-0.2, 0) is 19.1 Å². The zero-order valence-electron chi connectivity index (χ0n) is 22.0. The molecule has 4 fully saturated rings. The Morgan fingerprint density at radius 3 is 1.61 bits per heavy atom. The molecule has 4 aliphatic rings. The molecule has 4 rings (SSSR count). The first-order valence-corrected chi connectivity index (χ1v) is 12.5. The van der Waals surface area contributed by atoms with Gasteiger partial charge in [-0.25, -0.2) is 14.4 Å². The summed E-state index contributed by atoms with van der Waals surface area (Å²) in [5.74, 6) is -0.846. The number of halogens is 1. The zero-order valence-corrected chi connectivity index (χ0v) is 22.8. The normalized spacial score (nSPS) is 28.2. The number of hydrogen-bond acceptors (Lipinski definition) is 8. The number of carbonyl (C=O) groups is 5. The maximum atomic E-state index is 12.4. The molecule has 0 aliphatic carbocycles. The molecule has 7 N–H and O–H groups in total. The van der Waals surface area contributed by atoms with E-state index in [1.54, 1.807) is 20.8 Å². The highest BCUT2D eigenvalue weighted by molar-refractivity contribution is 6.08. The smallest absolute Gasteiger partial charge is 0.407 e. The summed E-state index contributed by atoms with van der Waals surface area (Å²) in [5, 5.41) is 19.3. The van der Waals surface area contributed by atoms with Crippen LogP contribution in [0, 0.1) is 11.8 Å². The molecule has 4 aliphatic heterocycles. The van der Waals surface area contributed by atoms with Crippen LogP contribution in [0.3, 0.4) is 0 Å². The maximum Gasteiger partial charge on any atom is 0.407 e. The number of hydrogen-bond donors (Lipinski definition) is 6. The highest BCUT2D eigenvalue weighted by Gasteiger charge is 2.54. The second-order valence-electron chi connectivity index (χ2n) is 10.8. The van der Waals surface area contributed by atoms with E-state index in [0.29, 0.717) is 39.3 Å². The van der Waals surface area contributed by atoms with Crippen molar-refractivity contribution < 1.29 is 38.6 Å². The van der Waals surface area contributed by atoms with Crippen molar-refractivity contribution in [3.05, 3.63) is 0 Å². The van der Waals surface area contributed by atoms with Crippen LogP contribution >= 0.6 is 12.4 Å². The molecule has 2 atom stereocenters. The van der Waals surface area contributed by atoms with Crippen LogP contribution in [-0.4, -0.2) is 96.1 Å². The van der Waals surface area contributed by atoms with E-state index in [-0.39, 0.29) is 43.2 Å². The molecule has 0 bridgehead atoms. The highest BCUT2D eigenvalue weighted by atomic mass is 35.5. The Morgan fingerprint density at radius 2 is 1.29 bits per heavy atom. The van der Waals surface area contributed by atoms with Crippen molar-refractivity contribution in [2.45, 2.75) is 63.1 Å². The molecule has 0 unspecified atom stereocenters. The first-order valence-electron chi connectivity index (χ1n) is 12.5. The molecule has 4 saturated heterocycles. The number of nitrogens with one attached hydrogen (secondary N) is 4. The fourth-order valence-electron chi connectivity index (χ4n) is 5.36. The lowest BCUT2D eigenvalue weighted by Gasteiger charge is -2.43. The van der Waals surface area contributed by atoms with Crippen molar-refractivity contribution in [3.8, 4) is 0 Å². The lowest BCUT2D eigenvalue weighted by molar-refractivity contribution is -0.129. The van der Waals surface area contributed by atoms with E-state index >= 15 is 0 Å². The fraction of sp³-hybridized carbons (Fsp3) is 0.783. The molecule has 0 spiro atoms. The van der Waals surface area contributed by atoms with Crippen LogP contribution in [0.15, 0.2) is 0 Å². The third kappa shape index (κ3) is 6.47. The molecule has 14 nitrogen and oxygen atoms in total. The maximum absolute atomic E-state index is 12.4. The van der Waals surface area contributed by atoms with Crippen molar-refractivity contribution in [2.24, 2.45) is 17.6 Å². The third-order valence-electron chi connectivity index (χ3n) is 7.54. The lowest BCUT2D eigenvalue weighted by Crippen LogP contribution is -2.64. The molecular weight excluding hydrogens is 524 g/mol. The SMILES string of the molecule is CC(C)(C)N(C[C@@]1(C2CCOCC2)NC(=O)NC1=O)C(=O)O.Cl.NC[C@@]1(C2CCOCC2)NC(=O)NC1=O. The molecule has 0 saturated carbocycles. The summed E-state index contributed by atoms with van der Waals surface area (Å²) in [5.41, 5.74) is 2.81. The van der Waals surface area contributed by atoms with E-state index in [0.717, 1.165) is 12.8 Å². The van der Waals surface area contributed by atoms with E-state index in [4.69, 9.17) is 15.2 Å². The minimum absolute atomic E-state index is 0. The molecule has 216 valence electrons. The van der Waals surface area contributed by atoms with E-state index in [9.17, 15) is 29.1 Å². The van der Waals surface area contributed by atoms with E-state index in [2.05, 4.69) is 21.3 Å². The Morgan fingerprint density at radius 1 is 0.895 bits per heavy atom. The van der Waals surface area contributed by atoms with Crippen LogP contribution in [0.4, 0.5) is 14.4 Å². The zero-order chi connectivity index (χ0) is 27.4. The van der Waals surface area contributed by atoms with Crippen LogP contribution < -0.4 is 27.0 Å². The summed E-state index contributed by atoms with van der Waals surface area (Å²) in [6.07, 6.45) is 1.60. The summed E-state index contributed by atoms with van der Waals surface area (Å²) in [6, 6.07) is -1.02. The van der Waals surface area contributed by atoms with Gasteiger partial charge in [-0.2, -0.15) is 0 Å². The van der Waals surface area contributed by atoms with Crippen molar-refractivity contribution in [2.75, 3.05) is 39.5 Å². The Kier molecular flexibility index (Phi) is 10.3. The quantitative estimate of drug-likeness (QED) is 0.252. The molecule has 38 heavy (non-hydrogen) atoms. The topological polar surface area (TPSA) is 201 Å². The molecule has 0 aromatic heterocycles. The van der Waals surface area contributed by atoms with Crippen LogP contribution in [0.2, 0.25) is 0 Å². The minimum Gasteiger partial charge on any atom is -0.465 e. The molecule has 15 heteroatoms.